The number of rotatable bonds is 6. The molecular weight excluding hydrogens is 355 g/mol. The molecule has 1 heterocycles. The Balaban J connectivity index is 2.10. The highest BCUT2D eigenvalue weighted by Crippen LogP contribution is 2.30. The van der Waals surface area contributed by atoms with Crippen molar-refractivity contribution in [1.29, 1.82) is 0 Å². The summed E-state index contributed by atoms with van der Waals surface area (Å²) in [5.41, 5.74) is 0.766. The number of hydrogen-bond acceptors (Lipinski definition) is 3. The first kappa shape index (κ1) is 18.1. The predicted molar refractivity (Wildman–Crippen MR) is 91.8 cm³/mol. The van der Waals surface area contributed by atoms with Crippen LogP contribution in [-0.4, -0.2) is 33.4 Å². The highest BCUT2D eigenvalue weighted by molar-refractivity contribution is 6.33. The number of anilines is 1. The van der Waals surface area contributed by atoms with E-state index >= 15 is 0 Å². The average Bonchev–Trinajstić information content (AvgIpc) is 2.96. The lowest BCUT2D eigenvalue weighted by atomic mass is 10.1. The molecule has 0 saturated heterocycles. The number of aromatic nitrogens is 2. The van der Waals surface area contributed by atoms with Crippen LogP contribution in [0.5, 0.6) is 0 Å². The molecule has 1 aromatic heterocycles. The number of nitrogens with zero attached hydrogens (tertiary/aromatic N) is 2. The highest BCUT2D eigenvalue weighted by Gasteiger charge is 2.17. The number of halogens is 2. The van der Waals surface area contributed by atoms with Gasteiger partial charge in [0.2, 0.25) is 0 Å². The van der Waals surface area contributed by atoms with Crippen molar-refractivity contribution in [3.8, 4) is 0 Å². The Labute approximate surface area is 148 Å². The average molecular weight is 371 g/mol. The van der Waals surface area contributed by atoms with Crippen LogP contribution in [0.3, 0.4) is 0 Å². The molecule has 1 atom stereocenters. The first-order valence-electron chi connectivity index (χ1n) is 7.13. The summed E-state index contributed by atoms with van der Waals surface area (Å²) in [4.78, 5) is 22.3. The van der Waals surface area contributed by atoms with E-state index in [2.05, 4.69) is 15.7 Å². The first-order chi connectivity index (χ1) is 11.4. The lowest BCUT2D eigenvalue weighted by Gasteiger charge is -2.18. The summed E-state index contributed by atoms with van der Waals surface area (Å²) in [6, 6.07) is 5.99. The smallest absolute Gasteiger partial charge is 0.320 e. The van der Waals surface area contributed by atoms with Gasteiger partial charge in [-0.1, -0.05) is 23.2 Å². The highest BCUT2D eigenvalue weighted by atomic mass is 35.5. The van der Waals surface area contributed by atoms with Gasteiger partial charge in [0.25, 0.3) is 0 Å². The summed E-state index contributed by atoms with van der Waals surface area (Å²) in [7, 11) is 0. The van der Waals surface area contributed by atoms with Crippen LogP contribution in [0.1, 0.15) is 24.9 Å². The predicted octanol–water partition coefficient (Wildman–Crippen LogP) is 3.40. The molecule has 7 nitrogen and oxygen atoms in total. The van der Waals surface area contributed by atoms with E-state index in [9.17, 15) is 9.59 Å². The minimum atomic E-state index is -0.982. The fourth-order valence-corrected chi connectivity index (χ4v) is 2.59. The van der Waals surface area contributed by atoms with Crippen molar-refractivity contribution in [2.45, 2.75) is 19.4 Å². The number of benzene rings is 1. The van der Waals surface area contributed by atoms with Gasteiger partial charge in [-0.05, 0) is 30.7 Å². The molecule has 1 aromatic carbocycles. The standard InChI is InChI=1S/C15H16Cl2N4O3/c1-9(11-8-10(16)2-3-12(11)17)21-13(4-7-19-21)20-15(24)18-6-5-14(22)23/h2-4,7-9H,5-6H2,1H3,(H,22,23)(H2,18,20,24). The molecule has 2 rings (SSSR count). The van der Waals surface area contributed by atoms with E-state index in [0.717, 1.165) is 5.56 Å². The Kier molecular flexibility index (Phi) is 6.05. The number of carbonyl (C=O) groups excluding carboxylic acids is 1. The van der Waals surface area contributed by atoms with Gasteiger partial charge in [0.05, 0.1) is 18.7 Å². The van der Waals surface area contributed by atoms with Gasteiger partial charge in [-0.15, -0.1) is 0 Å². The number of aliphatic carboxylic acids is 1. The lowest BCUT2D eigenvalue weighted by molar-refractivity contribution is -0.136. The number of urea groups is 1. The molecule has 0 spiro atoms. The molecule has 0 aliphatic rings. The van der Waals surface area contributed by atoms with Crippen LogP contribution >= 0.6 is 23.2 Å². The Morgan fingerprint density at radius 1 is 1.33 bits per heavy atom. The molecule has 3 N–H and O–H groups in total. The van der Waals surface area contributed by atoms with Gasteiger partial charge in [-0.25, -0.2) is 9.48 Å². The third-order valence-corrected chi connectivity index (χ3v) is 3.89. The fourth-order valence-electron chi connectivity index (χ4n) is 2.13. The number of nitrogens with one attached hydrogen (secondary N) is 2. The van der Waals surface area contributed by atoms with Crippen molar-refractivity contribution >= 4 is 41.0 Å². The number of carboxylic acids is 1. The quantitative estimate of drug-likeness (QED) is 0.725. The lowest BCUT2D eigenvalue weighted by Crippen LogP contribution is -2.31. The largest absolute Gasteiger partial charge is 0.481 e. The summed E-state index contributed by atoms with van der Waals surface area (Å²) >= 11 is 12.2. The Hall–Kier alpha value is -2.25. The van der Waals surface area contributed by atoms with Gasteiger partial charge in [0, 0.05) is 22.7 Å². The van der Waals surface area contributed by atoms with Gasteiger partial charge < -0.3 is 10.4 Å². The number of carboxylic acid groups (broad SMARTS) is 1. The second-order valence-corrected chi connectivity index (χ2v) is 5.87. The summed E-state index contributed by atoms with van der Waals surface area (Å²) < 4.78 is 1.59. The van der Waals surface area contributed by atoms with Crippen LogP contribution in [0.25, 0.3) is 0 Å². The van der Waals surface area contributed by atoms with Crippen LogP contribution in [0, 0.1) is 0 Å². The zero-order chi connectivity index (χ0) is 17.7. The van der Waals surface area contributed by atoms with Crippen molar-refractivity contribution < 1.29 is 14.7 Å². The second-order valence-electron chi connectivity index (χ2n) is 5.03. The second kappa shape index (κ2) is 8.03. The molecule has 0 radical (unpaired) electrons. The minimum absolute atomic E-state index is 0.0327. The van der Waals surface area contributed by atoms with Crippen molar-refractivity contribution in [2.24, 2.45) is 0 Å². The zero-order valence-electron chi connectivity index (χ0n) is 12.8. The van der Waals surface area contributed by atoms with Gasteiger partial charge in [0.15, 0.2) is 0 Å². The molecular formula is C15H16Cl2N4O3. The minimum Gasteiger partial charge on any atom is -0.481 e. The molecule has 128 valence electrons. The zero-order valence-corrected chi connectivity index (χ0v) is 14.3. The molecule has 9 heteroatoms. The van der Waals surface area contributed by atoms with Crippen LogP contribution in [0.15, 0.2) is 30.5 Å². The number of amides is 2. The normalized spacial score (nSPS) is 11.8. The van der Waals surface area contributed by atoms with Crippen molar-refractivity contribution in [2.75, 3.05) is 11.9 Å². The van der Waals surface area contributed by atoms with E-state index in [0.29, 0.717) is 15.9 Å². The first-order valence-corrected chi connectivity index (χ1v) is 7.89. The Bertz CT molecular complexity index is 748. The summed E-state index contributed by atoms with van der Waals surface area (Å²) in [6.07, 6.45) is 1.39. The van der Waals surface area contributed by atoms with Gasteiger partial charge in [0.1, 0.15) is 5.82 Å². The monoisotopic (exact) mass is 370 g/mol. The molecule has 0 bridgehead atoms. The van der Waals surface area contributed by atoms with E-state index < -0.39 is 12.0 Å². The summed E-state index contributed by atoms with van der Waals surface area (Å²) in [5, 5.41) is 18.9. The van der Waals surface area contributed by atoms with E-state index in [1.54, 1.807) is 35.1 Å². The van der Waals surface area contributed by atoms with E-state index in [-0.39, 0.29) is 19.0 Å². The van der Waals surface area contributed by atoms with Crippen molar-refractivity contribution in [3.63, 3.8) is 0 Å². The molecule has 0 aliphatic heterocycles. The van der Waals surface area contributed by atoms with Crippen LogP contribution in [0.2, 0.25) is 10.0 Å². The maximum absolute atomic E-state index is 11.8. The number of hydrogen-bond donors (Lipinski definition) is 3. The van der Waals surface area contributed by atoms with E-state index in [1.165, 1.54) is 0 Å². The van der Waals surface area contributed by atoms with E-state index in [4.69, 9.17) is 28.3 Å². The van der Waals surface area contributed by atoms with Crippen LogP contribution in [0.4, 0.5) is 10.6 Å². The molecule has 0 aliphatic carbocycles. The molecule has 2 amide bonds. The van der Waals surface area contributed by atoms with Crippen LogP contribution in [-0.2, 0) is 4.79 Å². The maximum atomic E-state index is 11.8. The molecule has 24 heavy (non-hydrogen) atoms. The van der Waals surface area contributed by atoms with E-state index in [1.807, 2.05) is 6.92 Å². The molecule has 1 unspecified atom stereocenters. The van der Waals surface area contributed by atoms with Crippen LogP contribution < -0.4 is 10.6 Å². The third-order valence-electron chi connectivity index (χ3n) is 3.31. The van der Waals surface area contributed by atoms with Crippen molar-refractivity contribution in [1.82, 2.24) is 15.1 Å². The SMILES string of the molecule is CC(c1cc(Cl)ccc1Cl)n1nccc1NC(=O)NCCC(=O)O. The summed E-state index contributed by atoms with van der Waals surface area (Å²) in [5.74, 6) is -0.532. The molecule has 2 aromatic rings. The topological polar surface area (TPSA) is 96.3 Å². The maximum Gasteiger partial charge on any atom is 0.320 e. The molecule has 0 saturated carbocycles. The van der Waals surface area contributed by atoms with Gasteiger partial charge in [-0.2, -0.15) is 5.10 Å². The van der Waals surface area contributed by atoms with Gasteiger partial charge in [-0.3, -0.25) is 10.1 Å². The Morgan fingerprint density at radius 3 is 2.79 bits per heavy atom. The summed E-state index contributed by atoms with van der Waals surface area (Å²) in [6.45, 7) is 1.91. The van der Waals surface area contributed by atoms with Gasteiger partial charge >= 0.3 is 12.0 Å². The third kappa shape index (κ3) is 4.62. The van der Waals surface area contributed by atoms with Crippen molar-refractivity contribution in [3.05, 3.63) is 46.1 Å². The molecule has 0 fully saturated rings. The fraction of sp³-hybridized carbons (Fsp3) is 0.267. The Morgan fingerprint density at radius 2 is 2.08 bits per heavy atom. The number of carbonyl (C=O) groups is 2.